The Bertz CT molecular complexity index is 597. The third-order valence-electron chi connectivity index (χ3n) is 3.12. The number of nitrogens with zero attached hydrogens (tertiary/aromatic N) is 1. The van der Waals surface area contributed by atoms with Crippen LogP contribution in [0.25, 0.3) is 0 Å². The Balaban J connectivity index is 2.18. The van der Waals surface area contributed by atoms with Crippen LogP contribution < -0.4 is 10.1 Å². The summed E-state index contributed by atoms with van der Waals surface area (Å²) in [4.78, 5) is 16.1. The summed E-state index contributed by atoms with van der Waals surface area (Å²) < 4.78 is 5.35. The molecule has 0 aliphatic carbocycles. The molecule has 0 saturated carbocycles. The Kier molecular flexibility index (Phi) is 4.35. The van der Waals surface area contributed by atoms with Gasteiger partial charge in [0.05, 0.1) is 18.7 Å². The number of carbonyl (C=O) groups is 1. The molecular formula is C16H18N2O2. The van der Waals surface area contributed by atoms with Gasteiger partial charge in [0.2, 0.25) is 0 Å². The highest BCUT2D eigenvalue weighted by atomic mass is 16.5. The van der Waals surface area contributed by atoms with E-state index in [9.17, 15) is 4.79 Å². The molecule has 0 saturated heterocycles. The smallest absolute Gasteiger partial charge is 0.253 e. The van der Waals surface area contributed by atoms with Crippen molar-refractivity contribution in [2.75, 3.05) is 7.11 Å². The average Bonchev–Trinajstić information content (AvgIpc) is 2.48. The molecule has 4 nitrogen and oxygen atoms in total. The van der Waals surface area contributed by atoms with E-state index in [0.29, 0.717) is 5.56 Å². The first-order chi connectivity index (χ1) is 9.61. The van der Waals surface area contributed by atoms with E-state index >= 15 is 0 Å². The lowest BCUT2D eigenvalue weighted by atomic mass is 10.0. The van der Waals surface area contributed by atoms with E-state index in [1.54, 1.807) is 31.6 Å². The van der Waals surface area contributed by atoms with Crippen molar-refractivity contribution in [3.05, 3.63) is 59.4 Å². The Hall–Kier alpha value is -2.36. The molecule has 0 radical (unpaired) electrons. The molecule has 1 N–H and O–H groups in total. The quantitative estimate of drug-likeness (QED) is 0.929. The van der Waals surface area contributed by atoms with Gasteiger partial charge in [0, 0.05) is 18.0 Å². The number of hydrogen-bond donors (Lipinski definition) is 1. The maximum absolute atomic E-state index is 12.1. The summed E-state index contributed by atoms with van der Waals surface area (Å²) in [6.45, 7) is 3.95. The molecule has 0 spiro atoms. The summed E-state index contributed by atoms with van der Waals surface area (Å²) in [5, 5.41) is 2.96. The fraction of sp³-hybridized carbons (Fsp3) is 0.250. The number of amides is 1. The SMILES string of the molecule is COc1ccc(C)cc1C(C)NC(=O)c1cccnc1. The van der Waals surface area contributed by atoms with Gasteiger partial charge in [-0.1, -0.05) is 17.7 Å². The van der Waals surface area contributed by atoms with E-state index in [0.717, 1.165) is 16.9 Å². The first-order valence-corrected chi connectivity index (χ1v) is 6.47. The Morgan fingerprint density at radius 3 is 2.80 bits per heavy atom. The maximum atomic E-state index is 12.1. The summed E-state index contributed by atoms with van der Waals surface area (Å²) in [7, 11) is 1.63. The zero-order valence-corrected chi connectivity index (χ0v) is 11.9. The lowest BCUT2D eigenvalue weighted by Crippen LogP contribution is -2.27. The van der Waals surface area contributed by atoms with E-state index < -0.39 is 0 Å². The lowest BCUT2D eigenvalue weighted by molar-refractivity contribution is 0.0939. The van der Waals surface area contributed by atoms with Crippen LogP contribution in [-0.2, 0) is 0 Å². The number of ether oxygens (including phenoxy) is 1. The van der Waals surface area contributed by atoms with Gasteiger partial charge in [-0.25, -0.2) is 0 Å². The standard InChI is InChI=1S/C16H18N2O2/c1-11-6-7-15(20-3)14(9-11)12(2)18-16(19)13-5-4-8-17-10-13/h4-10,12H,1-3H3,(H,18,19). The average molecular weight is 270 g/mol. The molecule has 1 unspecified atom stereocenters. The van der Waals surface area contributed by atoms with Crippen LogP contribution in [-0.4, -0.2) is 18.0 Å². The van der Waals surface area contributed by atoms with Gasteiger partial charge in [0.25, 0.3) is 5.91 Å². The molecule has 0 bridgehead atoms. The summed E-state index contributed by atoms with van der Waals surface area (Å²) in [6.07, 6.45) is 3.19. The lowest BCUT2D eigenvalue weighted by Gasteiger charge is -2.18. The first-order valence-electron chi connectivity index (χ1n) is 6.47. The number of aryl methyl sites for hydroxylation is 1. The van der Waals surface area contributed by atoms with Crippen molar-refractivity contribution in [1.29, 1.82) is 0 Å². The van der Waals surface area contributed by atoms with Gasteiger partial charge >= 0.3 is 0 Å². The van der Waals surface area contributed by atoms with E-state index in [-0.39, 0.29) is 11.9 Å². The summed E-state index contributed by atoms with van der Waals surface area (Å²) >= 11 is 0. The van der Waals surface area contributed by atoms with Crippen LogP contribution in [0.3, 0.4) is 0 Å². The molecule has 2 aromatic rings. The summed E-state index contributed by atoms with van der Waals surface area (Å²) in [6, 6.07) is 9.26. The van der Waals surface area contributed by atoms with Crippen LogP contribution in [0.1, 0.15) is 34.5 Å². The zero-order valence-electron chi connectivity index (χ0n) is 11.9. The number of aromatic nitrogens is 1. The highest BCUT2D eigenvalue weighted by Crippen LogP contribution is 2.26. The molecular weight excluding hydrogens is 252 g/mol. The van der Waals surface area contributed by atoms with Crippen molar-refractivity contribution in [2.24, 2.45) is 0 Å². The highest BCUT2D eigenvalue weighted by Gasteiger charge is 2.15. The molecule has 0 aliphatic rings. The molecule has 1 aromatic heterocycles. The van der Waals surface area contributed by atoms with Gasteiger partial charge in [-0.3, -0.25) is 9.78 Å². The van der Waals surface area contributed by atoms with Crippen molar-refractivity contribution >= 4 is 5.91 Å². The van der Waals surface area contributed by atoms with E-state index in [4.69, 9.17) is 4.74 Å². The molecule has 1 heterocycles. The van der Waals surface area contributed by atoms with E-state index in [1.807, 2.05) is 32.0 Å². The van der Waals surface area contributed by atoms with Crippen molar-refractivity contribution < 1.29 is 9.53 Å². The van der Waals surface area contributed by atoms with Gasteiger partial charge in [-0.15, -0.1) is 0 Å². The zero-order chi connectivity index (χ0) is 14.5. The van der Waals surface area contributed by atoms with Crippen LogP contribution >= 0.6 is 0 Å². The monoisotopic (exact) mass is 270 g/mol. The number of nitrogens with one attached hydrogen (secondary N) is 1. The topological polar surface area (TPSA) is 51.2 Å². The Morgan fingerprint density at radius 1 is 1.35 bits per heavy atom. The second-order valence-corrected chi connectivity index (χ2v) is 4.68. The van der Waals surface area contributed by atoms with Gasteiger partial charge in [0.15, 0.2) is 0 Å². The van der Waals surface area contributed by atoms with Crippen molar-refractivity contribution in [3.63, 3.8) is 0 Å². The maximum Gasteiger partial charge on any atom is 0.253 e. The number of benzene rings is 1. The molecule has 1 amide bonds. The summed E-state index contributed by atoms with van der Waals surface area (Å²) in [5.41, 5.74) is 2.64. The van der Waals surface area contributed by atoms with Crippen LogP contribution in [0.2, 0.25) is 0 Å². The Labute approximate surface area is 118 Å². The second kappa shape index (κ2) is 6.19. The normalized spacial score (nSPS) is 11.8. The molecule has 4 heteroatoms. The minimum absolute atomic E-state index is 0.141. The number of hydrogen-bond acceptors (Lipinski definition) is 3. The molecule has 0 fully saturated rings. The van der Waals surface area contributed by atoms with E-state index in [2.05, 4.69) is 10.3 Å². The number of rotatable bonds is 4. The van der Waals surface area contributed by atoms with Crippen LogP contribution in [0.15, 0.2) is 42.7 Å². The van der Waals surface area contributed by atoms with Gasteiger partial charge in [-0.05, 0) is 32.0 Å². The molecule has 0 aliphatic heterocycles. The van der Waals surface area contributed by atoms with Crippen molar-refractivity contribution in [2.45, 2.75) is 19.9 Å². The van der Waals surface area contributed by atoms with Crippen molar-refractivity contribution in [3.8, 4) is 5.75 Å². The van der Waals surface area contributed by atoms with Crippen LogP contribution in [0.5, 0.6) is 5.75 Å². The van der Waals surface area contributed by atoms with Crippen molar-refractivity contribution in [1.82, 2.24) is 10.3 Å². The predicted molar refractivity (Wildman–Crippen MR) is 77.8 cm³/mol. The number of pyridine rings is 1. The number of carbonyl (C=O) groups excluding carboxylic acids is 1. The Morgan fingerprint density at radius 2 is 2.15 bits per heavy atom. The first kappa shape index (κ1) is 14.1. The minimum atomic E-state index is -0.144. The fourth-order valence-electron chi connectivity index (χ4n) is 2.05. The minimum Gasteiger partial charge on any atom is -0.496 e. The predicted octanol–water partition coefficient (Wildman–Crippen LogP) is 2.89. The van der Waals surface area contributed by atoms with Gasteiger partial charge in [0.1, 0.15) is 5.75 Å². The third kappa shape index (κ3) is 3.15. The summed E-state index contributed by atoms with van der Waals surface area (Å²) in [5.74, 6) is 0.628. The number of methoxy groups -OCH3 is 1. The van der Waals surface area contributed by atoms with Gasteiger partial charge in [-0.2, -0.15) is 0 Å². The molecule has 2 rings (SSSR count). The third-order valence-corrected chi connectivity index (χ3v) is 3.12. The second-order valence-electron chi connectivity index (χ2n) is 4.68. The molecule has 20 heavy (non-hydrogen) atoms. The molecule has 104 valence electrons. The van der Waals surface area contributed by atoms with Gasteiger partial charge < -0.3 is 10.1 Å². The molecule has 1 aromatic carbocycles. The van der Waals surface area contributed by atoms with E-state index in [1.165, 1.54) is 0 Å². The fourth-order valence-corrected chi connectivity index (χ4v) is 2.05. The van der Waals surface area contributed by atoms with Crippen LogP contribution in [0.4, 0.5) is 0 Å². The molecule has 1 atom stereocenters. The highest BCUT2D eigenvalue weighted by molar-refractivity contribution is 5.94. The van der Waals surface area contributed by atoms with Crippen LogP contribution in [0, 0.1) is 6.92 Å². The largest absolute Gasteiger partial charge is 0.496 e.